The maximum absolute atomic E-state index is 13.7. The minimum Gasteiger partial charge on any atom is -0.497 e. The Morgan fingerprint density at radius 1 is 0.786 bits per heavy atom. The number of benzene rings is 4. The van der Waals surface area contributed by atoms with Crippen LogP contribution in [0.4, 0.5) is 17.1 Å². The minimum absolute atomic E-state index is 0.0196. The fraction of sp³-hybridized carbons (Fsp3) is 0.167. The predicted octanol–water partition coefficient (Wildman–Crippen LogP) is 5.04. The van der Waals surface area contributed by atoms with E-state index in [-0.39, 0.29) is 21.2 Å². The molecule has 0 aromatic heterocycles. The molecule has 2 N–H and O–H groups in total. The fourth-order valence-corrected chi connectivity index (χ4v) is 6.49. The Hall–Kier alpha value is -4.55. The number of nitrogens with zero attached hydrogens (tertiary/aromatic N) is 1. The van der Waals surface area contributed by atoms with E-state index in [1.165, 1.54) is 43.5 Å². The van der Waals surface area contributed by atoms with Gasteiger partial charge in [0.1, 0.15) is 18.0 Å². The molecule has 42 heavy (non-hydrogen) atoms. The summed E-state index contributed by atoms with van der Waals surface area (Å²) in [6.45, 7) is 3.36. The van der Waals surface area contributed by atoms with E-state index in [1.54, 1.807) is 67.6 Å². The Kier molecular flexibility index (Phi) is 9.38. The van der Waals surface area contributed by atoms with E-state index in [0.717, 1.165) is 9.87 Å². The van der Waals surface area contributed by atoms with E-state index >= 15 is 0 Å². The van der Waals surface area contributed by atoms with Gasteiger partial charge in [-0.3, -0.25) is 13.8 Å². The lowest BCUT2D eigenvalue weighted by Gasteiger charge is -2.26. The van der Waals surface area contributed by atoms with Crippen molar-refractivity contribution in [1.29, 1.82) is 0 Å². The normalized spacial score (nSPS) is 11.4. The quantitative estimate of drug-likeness (QED) is 0.230. The fourth-order valence-electron chi connectivity index (χ4n) is 4.00. The predicted molar refractivity (Wildman–Crippen MR) is 162 cm³/mol. The van der Waals surface area contributed by atoms with Crippen LogP contribution >= 0.6 is 0 Å². The number of sulfonamides is 2. The number of hydrogen-bond acceptors (Lipinski definition) is 7. The van der Waals surface area contributed by atoms with Gasteiger partial charge in [-0.2, -0.15) is 0 Å². The zero-order chi connectivity index (χ0) is 30.3. The zero-order valence-electron chi connectivity index (χ0n) is 23.3. The van der Waals surface area contributed by atoms with Gasteiger partial charge in [-0.25, -0.2) is 16.8 Å². The Balaban J connectivity index is 1.55. The number of methoxy groups -OCH3 is 1. The van der Waals surface area contributed by atoms with Crippen LogP contribution in [0.2, 0.25) is 0 Å². The third kappa shape index (κ3) is 7.20. The van der Waals surface area contributed by atoms with Gasteiger partial charge in [0.2, 0.25) is 5.91 Å². The largest absolute Gasteiger partial charge is 0.497 e. The summed E-state index contributed by atoms with van der Waals surface area (Å²) in [5.74, 6) is 0.260. The van der Waals surface area contributed by atoms with Crippen LogP contribution in [0.15, 0.2) is 107 Å². The summed E-state index contributed by atoms with van der Waals surface area (Å²) in [5, 5.41) is 2.65. The van der Waals surface area contributed by atoms with Gasteiger partial charge in [0.15, 0.2) is 0 Å². The highest BCUT2D eigenvalue weighted by Gasteiger charge is 2.29. The maximum Gasteiger partial charge on any atom is 0.264 e. The lowest BCUT2D eigenvalue weighted by Crippen LogP contribution is -2.38. The first-order chi connectivity index (χ1) is 20.0. The average molecular weight is 610 g/mol. The van der Waals surface area contributed by atoms with Crippen LogP contribution < -0.4 is 23.8 Å². The van der Waals surface area contributed by atoms with Crippen LogP contribution in [0.5, 0.6) is 11.5 Å². The molecular weight excluding hydrogens is 578 g/mol. The molecule has 0 bridgehead atoms. The topological polar surface area (TPSA) is 131 Å². The molecule has 0 saturated carbocycles. The van der Waals surface area contributed by atoms with Crippen molar-refractivity contribution in [2.24, 2.45) is 0 Å². The first kappa shape index (κ1) is 30.4. The lowest BCUT2D eigenvalue weighted by atomic mass is 10.2. The number of para-hydroxylation sites is 2. The molecule has 0 unspecified atom stereocenters. The number of rotatable bonds is 12. The van der Waals surface area contributed by atoms with Crippen LogP contribution in [0.1, 0.15) is 12.5 Å². The molecule has 12 heteroatoms. The number of nitrogens with one attached hydrogen (secondary N) is 2. The van der Waals surface area contributed by atoms with Crippen LogP contribution in [-0.2, 0) is 24.8 Å². The molecule has 0 saturated heterocycles. The summed E-state index contributed by atoms with van der Waals surface area (Å²) < 4.78 is 67.4. The van der Waals surface area contributed by atoms with E-state index in [1.807, 2.05) is 6.92 Å². The smallest absolute Gasteiger partial charge is 0.264 e. The van der Waals surface area contributed by atoms with Crippen molar-refractivity contribution in [3.05, 3.63) is 103 Å². The van der Waals surface area contributed by atoms with Gasteiger partial charge >= 0.3 is 0 Å². The van der Waals surface area contributed by atoms with Gasteiger partial charge in [0.25, 0.3) is 20.0 Å². The highest BCUT2D eigenvalue weighted by molar-refractivity contribution is 7.93. The third-order valence-corrected chi connectivity index (χ3v) is 9.29. The van der Waals surface area contributed by atoms with E-state index in [4.69, 9.17) is 9.47 Å². The Labute approximate surface area is 246 Å². The number of ether oxygens (including phenoxy) is 2. The molecule has 10 nitrogen and oxygen atoms in total. The molecule has 0 aliphatic rings. The highest BCUT2D eigenvalue weighted by Crippen LogP contribution is 2.32. The number of carbonyl (C=O) groups excluding carboxylic acids is 1. The second kappa shape index (κ2) is 13.0. The van der Waals surface area contributed by atoms with Gasteiger partial charge < -0.3 is 14.8 Å². The number of aryl methyl sites for hydroxylation is 1. The molecule has 220 valence electrons. The minimum atomic E-state index is -4.16. The van der Waals surface area contributed by atoms with Crippen LogP contribution in [-0.4, -0.2) is 43.0 Å². The Morgan fingerprint density at radius 3 is 2.00 bits per heavy atom. The molecule has 4 aromatic rings. The van der Waals surface area contributed by atoms with E-state index in [9.17, 15) is 21.6 Å². The summed E-state index contributed by atoms with van der Waals surface area (Å²) in [4.78, 5) is 13.2. The summed E-state index contributed by atoms with van der Waals surface area (Å²) in [7, 11) is -6.55. The molecule has 1 amide bonds. The third-order valence-electron chi connectivity index (χ3n) is 6.12. The first-order valence-corrected chi connectivity index (χ1v) is 15.8. The monoisotopic (exact) mass is 609 g/mol. The molecule has 4 rings (SSSR count). The second-order valence-corrected chi connectivity index (χ2v) is 12.7. The second-order valence-electron chi connectivity index (χ2n) is 9.13. The van der Waals surface area contributed by atoms with Gasteiger partial charge in [0, 0.05) is 11.4 Å². The molecule has 0 fully saturated rings. The number of anilines is 3. The number of amides is 1. The van der Waals surface area contributed by atoms with Gasteiger partial charge in [-0.15, -0.1) is 0 Å². The van der Waals surface area contributed by atoms with Crippen molar-refractivity contribution in [1.82, 2.24) is 0 Å². The molecule has 0 radical (unpaired) electrons. The zero-order valence-corrected chi connectivity index (χ0v) is 24.9. The van der Waals surface area contributed by atoms with Crippen molar-refractivity contribution >= 4 is 43.0 Å². The molecular formula is C30H31N3O7S2. The summed E-state index contributed by atoms with van der Waals surface area (Å²) in [6.07, 6.45) is 0. The SMILES string of the molecule is CCOc1ccccc1N(CC(=O)Nc1ccc(S(=O)(=O)Nc2ccc(OC)cc2)cc1)S(=O)(=O)c1ccc(C)cc1. The van der Waals surface area contributed by atoms with Crippen LogP contribution in [0.3, 0.4) is 0 Å². The molecule has 0 aliphatic heterocycles. The van der Waals surface area contributed by atoms with Crippen LogP contribution in [0.25, 0.3) is 0 Å². The van der Waals surface area contributed by atoms with E-state index in [0.29, 0.717) is 23.8 Å². The Morgan fingerprint density at radius 2 is 1.38 bits per heavy atom. The summed E-state index contributed by atoms with van der Waals surface area (Å²) in [5.41, 5.74) is 1.74. The molecule has 0 heterocycles. The van der Waals surface area contributed by atoms with E-state index in [2.05, 4.69) is 10.0 Å². The molecule has 0 aliphatic carbocycles. The molecule has 4 aromatic carbocycles. The molecule has 0 atom stereocenters. The van der Waals surface area contributed by atoms with Crippen molar-refractivity contribution in [3.63, 3.8) is 0 Å². The Bertz CT molecular complexity index is 1740. The van der Waals surface area contributed by atoms with Gasteiger partial charge in [-0.05, 0) is 86.6 Å². The van der Waals surface area contributed by atoms with Crippen LogP contribution in [0, 0.1) is 6.92 Å². The van der Waals surface area contributed by atoms with Gasteiger partial charge in [-0.1, -0.05) is 29.8 Å². The highest BCUT2D eigenvalue weighted by atomic mass is 32.2. The van der Waals surface area contributed by atoms with Gasteiger partial charge in [0.05, 0.1) is 29.2 Å². The maximum atomic E-state index is 13.7. The van der Waals surface area contributed by atoms with E-state index < -0.39 is 32.5 Å². The number of hydrogen-bond donors (Lipinski definition) is 2. The summed E-state index contributed by atoms with van der Waals surface area (Å²) in [6, 6.07) is 24.8. The van der Waals surface area contributed by atoms with Crippen molar-refractivity contribution < 1.29 is 31.1 Å². The number of carbonyl (C=O) groups is 1. The lowest BCUT2D eigenvalue weighted by molar-refractivity contribution is -0.114. The first-order valence-electron chi connectivity index (χ1n) is 12.9. The summed E-state index contributed by atoms with van der Waals surface area (Å²) >= 11 is 0. The van der Waals surface area contributed by atoms with Crippen molar-refractivity contribution in [2.45, 2.75) is 23.6 Å². The van der Waals surface area contributed by atoms with Crippen molar-refractivity contribution in [3.8, 4) is 11.5 Å². The standard InChI is InChI=1S/C30H31N3O7S2/c1-4-40-29-8-6-5-7-28(29)33(42(37,38)27-17-9-22(2)10-18-27)21-30(34)31-23-13-19-26(20-14-23)41(35,36)32-24-11-15-25(39-3)16-12-24/h5-20,32H,4,21H2,1-3H3,(H,31,34). The molecule has 0 spiro atoms. The van der Waals surface area contributed by atoms with Crippen molar-refractivity contribution in [2.75, 3.05) is 34.6 Å². The average Bonchev–Trinajstić information content (AvgIpc) is 2.97.